The fourth-order valence-corrected chi connectivity index (χ4v) is 2.07. The summed E-state index contributed by atoms with van der Waals surface area (Å²) >= 11 is 0. The molecule has 1 unspecified atom stereocenters. The molecule has 0 aliphatic rings. The van der Waals surface area contributed by atoms with E-state index in [4.69, 9.17) is 0 Å². The maximum Gasteiger partial charge on any atom is 0.198 e. The van der Waals surface area contributed by atoms with E-state index in [9.17, 15) is 17.6 Å². The lowest BCUT2D eigenvalue weighted by molar-refractivity contribution is 0.396. The molecular formula is C10H11F4P. The van der Waals surface area contributed by atoms with Crippen LogP contribution in [0.5, 0.6) is 0 Å². The smallest absolute Gasteiger partial charge is 0.198 e. The number of halogens is 4. The van der Waals surface area contributed by atoms with Crippen molar-refractivity contribution >= 4 is 14.5 Å². The average molecular weight is 238 g/mol. The Bertz CT molecular complexity index is 378. The van der Waals surface area contributed by atoms with Crippen LogP contribution in [-0.4, -0.2) is 0 Å². The van der Waals surface area contributed by atoms with Crippen LogP contribution >= 0.6 is 9.24 Å². The van der Waals surface area contributed by atoms with Crippen LogP contribution in [0.25, 0.3) is 0 Å². The molecular weight excluding hydrogens is 227 g/mol. The minimum atomic E-state index is -1.77. The van der Waals surface area contributed by atoms with Gasteiger partial charge in [0, 0.05) is 10.9 Å². The van der Waals surface area contributed by atoms with Gasteiger partial charge < -0.3 is 0 Å². The van der Waals surface area contributed by atoms with Gasteiger partial charge in [-0.2, -0.15) is 0 Å². The minimum absolute atomic E-state index is 0.163. The molecule has 0 saturated carbocycles. The zero-order valence-electron chi connectivity index (χ0n) is 8.59. The number of benzene rings is 1. The summed E-state index contributed by atoms with van der Waals surface area (Å²) in [6.07, 6.45) is 0. The molecule has 0 nitrogen and oxygen atoms in total. The van der Waals surface area contributed by atoms with Gasteiger partial charge in [-0.05, 0) is 5.41 Å². The summed E-state index contributed by atoms with van der Waals surface area (Å²) < 4.78 is 52.3. The van der Waals surface area contributed by atoms with Crippen LogP contribution in [0.4, 0.5) is 17.6 Å². The highest BCUT2D eigenvalue weighted by Crippen LogP contribution is 2.28. The third-order valence-corrected chi connectivity index (χ3v) is 2.60. The molecule has 0 spiro atoms. The van der Waals surface area contributed by atoms with Crippen LogP contribution in [0.2, 0.25) is 0 Å². The number of rotatable bonds is 0. The molecule has 1 aromatic carbocycles. The molecule has 0 heterocycles. The first-order valence-electron chi connectivity index (χ1n) is 4.29. The molecule has 84 valence electrons. The van der Waals surface area contributed by atoms with Crippen LogP contribution < -0.4 is 5.30 Å². The maximum absolute atomic E-state index is 13.4. The van der Waals surface area contributed by atoms with Gasteiger partial charge in [-0.3, -0.25) is 0 Å². The summed E-state index contributed by atoms with van der Waals surface area (Å²) in [5, 5.41) is -0.265. The first-order chi connectivity index (χ1) is 6.68. The molecule has 0 aromatic heterocycles. The van der Waals surface area contributed by atoms with Crippen LogP contribution in [0, 0.1) is 23.3 Å². The van der Waals surface area contributed by atoms with Gasteiger partial charge in [0.05, 0.1) is 0 Å². The summed E-state index contributed by atoms with van der Waals surface area (Å²) in [6, 6.07) is 0. The van der Waals surface area contributed by atoms with Crippen molar-refractivity contribution in [1.82, 2.24) is 0 Å². The summed E-state index contributed by atoms with van der Waals surface area (Å²) in [5.74, 6) is -6.22. The van der Waals surface area contributed by atoms with E-state index in [1.54, 1.807) is 20.8 Å². The average Bonchev–Trinajstić information content (AvgIpc) is 2.09. The lowest BCUT2D eigenvalue weighted by Crippen LogP contribution is -2.26. The Morgan fingerprint density at radius 2 is 1.20 bits per heavy atom. The standard InChI is InChI=1S/C10H11F4P/c1-10(2,3)4-5(11)6(12)7(13)8(14)9(4)15/h15H2,1-3H3. The quantitative estimate of drug-likeness (QED) is 0.282. The van der Waals surface area contributed by atoms with Gasteiger partial charge in [-0.15, -0.1) is 9.24 Å². The number of hydrogen-bond acceptors (Lipinski definition) is 0. The predicted molar refractivity (Wildman–Crippen MR) is 54.3 cm³/mol. The van der Waals surface area contributed by atoms with Crippen molar-refractivity contribution in [3.63, 3.8) is 0 Å². The third kappa shape index (κ3) is 2.00. The summed E-state index contributed by atoms with van der Waals surface area (Å²) in [6.45, 7) is 4.78. The Labute approximate surface area is 87.9 Å². The predicted octanol–water partition coefficient (Wildman–Crippen LogP) is 3.04. The molecule has 0 fully saturated rings. The van der Waals surface area contributed by atoms with Gasteiger partial charge in [0.15, 0.2) is 23.3 Å². The molecule has 0 aliphatic carbocycles. The van der Waals surface area contributed by atoms with Crippen LogP contribution in [-0.2, 0) is 5.41 Å². The Hall–Kier alpha value is -0.630. The molecule has 1 aromatic rings. The Kier molecular flexibility index (Phi) is 3.11. The highest BCUT2D eigenvalue weighted by molar-refractivity contribution is 7.27. The first-order valence-corrected chi connectivity index (χ1v) is 4.87. The van der Waals surface area contributed by atoms with E-state index in [0.29, 0.717) is 0 Å². The summed E-state index contributed by atoms with van der Waals surface area (Å²) in [5.41, 5.74) is -0.958. The minimum Gasteiger partial charge on any atom is -0.203 e. The molecule has 5 heteroatoms. The van der Waals surface area contributed by atoms with E-state index in [1.165, 1.54) is 0 Å². The van der Waals surface area contributed by atoms with Crippen LogP contribution in [0.15, 0.2) is 0 Å². The van der Waals surface area contributed by atoms with Gasteiger partial charge in [0.1, 0.15) is 0 Å². The molecule has 0 bridgehead atoms. The van der Waals surface area contributed by atoms with Crippen LogP contribution in [0.3, 0.4) is 0 Å². The highest BCUT2D eigenvalue weighted by atomic mass is 31.0. The Morgan fingerprint density at radius 3 is 1.60 bits per heavy atom. The molecule has 0 saturated heterocycles. The van der Waals surface area contributed by atoms with E-state index in [0.717, 1.165) is 0 Å². The third-order valence-electron chi connectivity index (χ3n) is 2.05. The SMILES string of the molecule is CC(C)(C)c1c(F)c(F)c(F)c(F)c1P. The lowest BCUT2D eigenvalue weighted by Gasteiger charge is -2.22. The Balaban J connectivity index is 3.68. The zero-order chi connectivity index (χ0) is 12.0. The monoisotopic (exact) mass is 238 g/mol. The van der Waals surface area contributed by atoms with Gasteiger partial charge in [-0.1, -0.05) is 20.8 Å². The van der Waals surface area contributed by atoms with E-state index in [1.807, 2.05) is 9.24 Å². The van der Waals surface area contributed by atoms with Gasteiger partial charge in [0.25, 0.3) is 0 Å². The largest absolute Gasteiger partial charge is 0.203 e. The van der Waals surface area contributed by atoms with Gasteiger partial charge in [-0.25, -0.2) is 17.6 Å². The molecule has 0 N–H and O–H groups in total. The summed E-state index contributed by atoms with van der Waals surface area (Å²) in [7, 11) is 1.90. The second kappa shape index (κ2) is 3.75. The van der Waals surface area contributed by atoms with E-state index < -0.39 is 28.7 Å². The second-order valence-corrected chi connectivity index (χ2v) is 4.87. The van der Waals surface area contributed by atoms with E-state index in [-0.39, 0.29) is 10.9 Å². The fourth-order valence-electron chi connectivity index (χ4n) is 1.38. The molecule has 1 atom stereocenters. The fraction of sp³-hybridized carbons (Fsp3) is 0.400. The van der Waals surface area contributed by atoms with Crippen molar-refractivity contribution in [2.75, 3.05) is 0 Å². The normalized spacial score (nSPS) is 12.0. The topological polar surface area (TPSA) is 0 Å². The van der Waals surface area contributed by atoms with Crippen molar-refractivity contribution in [2.24, 2.45) is 0 Å². The van der Waals surface area contributed by atoms with E-state index >= 15 is 0 Å². The molecule has 1 rings (SSSR count). The van der Waals surface area contributed by atoms with Crippen molar-refractivity contribution in [3.8, 4) is 0 Å². The molecule has 15 heavy (non-hydrogen) atoms. The van der Waals surface area contributed by atoms with Gasteiger partial charge >= 0.3 is 0 Å². The van der Waals surface area contributed by atoms with Crippen molar-refractivity contribution < 1.29 is 17.6 Å². The van der Waals surface area contributed by atoms with Crippen molar-refractivity contribution in [1.29, 1.82) is 0 Å². The van der Waals surface area contributed by atoms with Gasteiger partial charge in [0.2, 0.25) is 0 Å². The van der Waals surface area contributed by atoms with Crippen LogP contribution in [0.1, 0.15) is 26.3 Å². The highest BCUT2D eigenvalue weighted by Gasteiger charge is 2.29. The second-order valence-electron chi connectivity index (χ2n) is 4.29. The lowest BCUT2D eigenvalue weighted by atomic mass is 9.86. The molecule has 0 aliphatic heterocycles. The van der Waals surface area contributed by atoms with Crippen molar-refractivity contribution in [3.05, 3.63) is 28.8 Å². The maximum atomic E-state index is 13.4. The zero-order valence-corrected chi connectivity index (χ0v) is 9.74. The Morgan fingerprint density at radius 1 is 0.800 bits per heavy atom. The molecule has 0 radical (unpaired) electrons. The van der Waals surface area contributed by atoms with E-state index in [2.05, 4.69) is 0 Å². The summed E-state index contributed by atoms with van der Waals surface area (Å²) in [4.78, 5) is 0. The number of hydrogen-bond donors (Lipinski definition) is 0. The van der Waals surface area contributed by atoms with Crippen molar-refractivity contribution in [2.45, 2.75) is 26.2 Å². The first kappa shape index (κ1) is 12.4. The molecule has 0 amide bonds.